The molecular weight excluding hydrogens is 310 g/mol. The number of nitrogens with zero attached hydrogens (tertiary/aromatic N) is 1. The van der Waals surface area contributed by atoms with Crippen LogP contribution < -0.4 is 5.32 Å². The number of aromatic nitrogens is 2. The molecule has 0 bridgehead atoms. The number of rotatable bonds is 6. The quantitative estimate of drug-likeness (QED) is 0.723. The van der Waals surface area contributed by atoms with Crippen LogP contribution in [0.25, 0.3) is 11.0 Å². The van der Waals surface area contributed by atoms with E-state index in [1.54, 1.807) is 17.8 Å². The second kappa shape index (κ2) is 6.91. The molecule has 2 heterocycles. The van der Waals surface area contributed by atoms with Gasteiger partial charge >= 0.3 is 0 Å². The van der Waals surface area contributed by atoms with Crippen LogP contribution in [0.15, 0.2) is 41.0 Å². The third kappa shape index (κ3) is 3.42. The molecule has 5 nitrogen and oxygen atoms in total. The van der Waals surface area contributed by atoms with Crippen LogP contribution in [0, 0.1) is 6.92 Å². The Hall–Kier alpha value is -2.21. The maximum atomic E-state index is 12.4. The fourth-order valence-electron chi connectivity index (χ4n) is 2.48. The van der Waals surface area contributed by atoms with Crippen molar-refractivity contribution in [3.05, 3.63) is 53.7 Å². The fourth-order valence-corrected chi connectivity index (χ4v) is 2.95. The summed E-state index contributed by atoms with van der Waals surface area (Å²) < 4.78 is 5.28. The molecule has 0 aliphatic carbocycles. The molecule has 23 heavy (non-hydrogen) atoms. The number of amides is 1. The molecule has 0 aliphatic rings. The molecule has 0 spiro atoms. The Bertz CT molecular complexity index is 776. The van der Waals surface area contributed by atoms with Gasteiger partial charge in [-0.25, -0.2) is 4.98 Å². The molecule has 1 atom stereocenters. The van der Waals surface area contributed by atoms with E-state index in [1.807, 2.05) is 37.4 Å². The van der Waals surface area contributed by atoms with Gasteiger partial charge in [-0.05, 0) is 43.6 Å². The minimum Gasteiger partial charge on any atom is -0.459 e. The number of aryl methyl sites for hydroxylation is 1. The van der Waals surface area contributed by atoms with Crippen molar-refractivity contribution in [1.82, 2.24) is 15.3 Å². The summed E-state index contributed by atoms with van der Waals surface area (Å²) in [5, 5.41) is 3.03. The van der Waals surface area contributed by atoms with Gasteiger partial charge in [0.1, 0.15) is 5.82 Å². The maximum absolute atomic E-state index is 12.4. The number of benzene rings is 1. The molecule has 0 fully saturated rings. The van der Waals surface area contributed by atoms with E-state index in [0.29, 0.717) is 5.76 Å². The highest BCUT2D eigenvalue weighted by molar-refractivity contribution is 7.98. The summed E-state index contributed by atoms with van der Waals surface area (Å²) in [5.74, 6) is 1.85. The monoisotopic (exact) mass is 329 g/mol. The van der Waals surface area contributed by atoms with Gasteiger partial charge in [0.2, 0.25) is 0 Å². The van der Waals surface area contributed by atoms with E-state index >= 15 is 0 Å². The first kappa shape index (κ1) is 15.7. The van der Waals surface area contributed by atoms with E-state index < -0.39 is 0 Å². The standard InChI is InChI=1S/C17H19N3O2S/c1-11-7-9-22-15(11)17(21)20-14(8-10-23-2)16-18-12-5-3-4-6-13(12)19-16/h3-7,9,14H,8,10H2,1-2H3,(H,18,19)(H,20,21)/t14-/m0/s1. The van der Waals surface area contributed by atoms with Crippen molar-refractivity contribution in [3.63, 3.8) is 0 Å². The number of imidazole rings is 1. The van der Waals surface area contributed by atoms with Gasteiger partial charge in [0, 0.05) is 5.56 Å². The van der Waals surface area contributed by atoms with Crippen LogP contribution in [0.4, 0.5) is 0 Å². The van der Waals surface area contributed by atoms with Gasteiger partial charge in [0.15, 0.2) is 5.76 Å². The van der Waals surface area contributed by atoms with Crippen LogP contribution in [-0.2, 0) is 0 Å². The third-order valence-corrected chi connectivity index (χ3v) is 4.37. The summed E-state index contributed by atoms with van der Waals surface area (Å²) in [6.45, 7) is 1.86. The van der Waals surface area contributed by atoms with E-state index in [1.165, 1.54) is 6.26 Å². The number of carbonyl (C=O) groups excluding carboxylic acids is 1. The van der Waals surface area contributed by atoms with Gasteiger partial charge < -0.3 is 14.7 Å². The van der Waals surface area contributed by atoms with Gasteiger partial charge in [-0.2, -0.15) is 11.8 Å². The number of thioether (sulfide) groups is 1. The minimum absolute atomic E-state index is 0.174. The number of fused-ring (bicyclic) bond motifs is 1. The summed E-state index contributed by atoms with van der Waals surface area (Å²) in [6.07, 6.45) is 4.38. The Morgan fingerprint density at radius 1 is 1.39 bits per heavy atom. The number of hydrogen-bond donors (Lipinski definition) is 2. The highest BCUT2D eigenvalue weighted by Gasteiger charge is 2.21. The van der Waals surface area contributed by atoms with Gasteiger partial charge in [0.05, 0.1) is 23.3 Å². The molecule has 120 valence electrons. The number of furan rings is 1. The van der Waals surface area contributed by atoms with Gasteiger partial charge in [-0.15, -0.1) is 0 Å². The molecule has 0 aliphatic heterocycles. The van der Waals surface area contributed by atoms with Crippen molar-refractivity contribution in [2.45, 2.75) is 19.4 Å². The van der Waals surface area contributed by atoms with E-state index in [9.17, 15) is 4.79 Å². The zero-order chi connectivity index (χ0) is 16.2. The fraction of sp³-hybridized carbons (Fsp3) is 0.294. The van der Waals surface area contributed by atoms with Crippen LogP contribution in [-0.4, -0.2) is 27.9 Å². The van der Waals surface area contributed by atoms with E-state index in [-0.39, 0.29) is 11.9 Å². The number of nitrogens with one attached hydrogen (secondary N) is 2. The van der Waals surface area contributed by atoms with E-state index in [0.717, 1.165) is 34.6 Å². The lowest BCUT2D eigenvalue weighted by Gasteiger charge is -2.15. The van der Waals surface area contributed by atoms with Crippen molar-refractivity contribution >= 4 is 28.7 Å². The summed E-state index contributed by atoms with van der Waals surface area (Å²) >= 11 is 1.74. The van der Waals surface area contributed by atoms with Crippen molar-refractivity contribution in [2.75, 3.05) is 12.0 Å². The molecule has 3 rings (SSSR count). The van der Waals surface area contributed by atoms with Crippen LogP contribution in [0.2, 0.25) is 0 Å². The Balaban J connectivity index is 1.85. The molecule has 0 saturated carbocycles. The lowest BCUT2D eigenvalue weighted by molar-refractivity contribution is 0.0905. The average Bonchev–Trinajstić information content (AvgIpc) is 3.16. The summed E-state index contributed by atoms with van der Waals surface area (Å²) in [4.78, 5) is 20.4. The van der Waals surface area contributed by atoms with Crippen LogP contribution >= 0.6 is 11.8 Å². The molecule has 0 radical (unpaired) electrons. The summed E-state index contributed by atoms with van der Waals surface area (Å²) in [6, 6.07) is 9.47. The van der Waals surface area contributed by atoms with Gasteiger partial charge in [0.25, 0.3) is 5.91 Å². The largest absolute Gasteiger partial charge is 0.459 e. The Morgan fingerprint density at radius 2 is 2.22 bits per heavy atom. The SMILES string of the molecule is CSCC[C@H](NC(=O)c1occc1C)c1nc2ccccc2[nH]1. The second-order valence-corrected chi connectivity index (χ2v) is 6.37. The molecule has 0 unspecified atom stereocenters. The topological polar surface area (TPSA) is 70.9 Å². The van der Waals surface area contributed by atoms with Gasteiger partial charge in [-0.1, -0.05) is 12.1 Å². The second-order valence-electron chi connectivity index (χ2n) is 5.38. The highest BCUT2D eigenvalue weighted by Crippen LogP contribution is 2.21. The molecule has 3 aromatic rings. The smallest absolute Gasteiger partial charge is 0.287 e. The van der Waals surface area contributed by atoms with Crippen LogP contribution in [0.3, 0.4) is 0 Å². The zero-order valence-electron chi connectivity index (χ0n) is 13.1. The molecule has 1 aromatic carbocycles. The lowest BCUT2D eigenvalue weighted by atomic mass is 10.2. The Labute approximate surface area is 138 Å². The first-order valence-electron chi connectivity index (χ1n) is 7.47. The summed E-state index contributed by atoms with van der Waals surface area (Å²) in [5.41, 5.74) is 2.70. The third-order valence-electron chi connectivity index (χ3n) is 3.72. The number of para-hydroxylation sites is 2. The van der Waals surface area contributed by atoms with Crippen molar-refractivity contribution in [3.8, 4) is 0 Å². The number of H-pyrrole nitrogens is 1. The predicted octanol–water partition coefficient (Wildman–Crippen LogP) is 3.69. The highest BCUT2D eigenvalue weighted by atomic mass is 32.2. The first-order valence-corrected chi connectivity index (χ1v) is 8.87. The van der Waals surface area contributed by atoms with Crippen molar-refractivity contribution in [1.29, 1.82) is 0 Å². The average molecular weight is 329 g/mol. The minimum atomic E-state index is -0.209. The number of hydrogen-bond acceptors (Lipinski definition) is 4. The Kier molecular flexibility index (Phi) is 4.71. The van der Waals surface area contributed by atoms with E-state index in [2.05, 4.69) is 15.3 Å². The zero-order valence-corrected chi connectivity index (χ0v) is 13.9. The Morgan fingerprint density at radius 3 is 2.91 bits per heavy atom. The van der Waals surface area contributed by atoms with Crippen LogP contribution in [0.5, 0.6) is 0 Å². The molecule has 6 heteroatoms. The molecule has 2 N–H and O–H groups in total. The lowest BCUT2D eigenvalue weighted by Crippen LogP contribution is -2.30. The normalized spacial score (nSPS) is 12.4. The molecular formula is C17H19N3O2S. The predicted molar refractivity (Wildman–Crippen MR) is 92.7 cm³/mol. The number of aromatic amines is 1. The first-order chi connectivity index (χ1) is 11.2. The number of carbonyl (C=O) groups is 1. The summed E-state index contributed by atoms with van der Waals surface area (Å²) in [7, 11) is 0. The molecule has 1 amide bonds. The van der Waals surface area contributed by atoms with Crippen LogP contribution in [0.1, 0.15) is 34.4 Å². The van der Waals surface area contributed by atoms with E-state index in [4.69, 9.17) is 4.42 Å². The molecule has 0 saturated heterocycles. The van der Waals surface area contributed by atoms with Gasteiger partial charge in [-0.3, -0.25) is 4.79 Å². The van der Waals surface area contributed by atoms with Crippen molar-refractivity contribution < 1.29 is 9.21 Å². The molecule has 2 aromatic heterocycles. The maximum Gasteiger partial charge on any atom is 0.287 e. The van der Waals surface area contributed by atoms with Crippen molar-refractivity contribution in [2.24, 2.45) is 0 Å².